The Bertz CT molecular complexity index is 6490. The minimum Gasteiger partial charge on any atom is -0.309 e. The van der Waals surface area contributed by atoms with Crippen LogP contribution in [0.25, 0.3) is 107 Å². The second-order valence-electron chi connectivity index (χ2n) is 29.7. The van der Waals surface area contributed by atoms with Gasteiger partial charge in [0.1, 0.15) is 0 Å². The molecule has 20 aromatic rings. The summed E-state index contributed by atoms with van der Waals surface area (Å²) in [5.41, 5.74) is 31.2. The second kappa shape index (κ2) is 28.7. The number of thiophene rings is 2. The molecule has 2 nitrogen and oxygen atoms in total. The van der Waals surface area contributed by atoms with Crippen LogP contribution in [-0.4, -0.2) is 0 Å². The standard InChI is InChI=1S/2C55H37NS/c1-5-18-38(19-6-1)40-34-41(39-20-7-2-8-21-39)36-45(35-40)56(44-24-11-4-12-25-44)52-31-17-28-49-48-33-32-43(37-53(48)57-54(49)52)55(42-22-9-3-10-23-42)50-29-15-13-26-46(50)47-27-14-16-30-51(47)55;1-4-17-38(18-5-1)40-21-14-25-44(35-40)56(45-26-15-22-41(36-45)39-19-6-2-7-20-39)52-32-16-29-49-48-34-33-43(37-53(48)57-54(49)52)55(42-23-8-3-9-24-42)50-30-12-10-27-46(50)47-28-11-13-31-51(47)55/h2*1-37H. The molecule has 0 aliphatic heterocycles. The molecule has 0 amide bonds. The van der Waals surface area contributed by atoms with Crippen LogP contribution in [-0.2, 0) is 10.8 Å². The van der Waals surface area contributed by atoms with Crippen LogP contribution in [0.1, 0.15) is 44.5 Å². The van der Waals surface area contributed by atoms with Crippen molar-refractivity contribution in [2.24, 2.45) is 0 Å². The lowest BCUT2D eigenvalue weighted by Gasteiger charge is -2.33. The predicted octanol–water partition coefficient (Wildman–Crippen LogP) is 30.4. The van der Waals surface area contributed by atoms with E-state index in [2.05, 4.69) is 459 Å². The van der Waals surface area contributed by atoms with Crippen LogP contribution in [0.5, 0.6) is 0 Å². The van der Waals surface area contributed by atoms with E-state index >= 15 is 0 Å². The number of anilines is 6. The molecule has 0 bridgehead atoms. The van der Waals surface area contributed by atoms with Crippen molar-refractivity contribution < 1.29 is 0 Å². The zero-order valence-corrected chi connectivity index (χ0v) is 64.1. The Hall–Kier alpha value is -14.0. The molecule has 0 saturated heterocycles. The number of rotatable bonds is 14. The summed E-state index contributed by atoms with van der Waals surface area (Å²) in [5.74, 6) is 0. The molecular weight excluding hydrogens is 1410 g/mol. The lowest BCUT2D eigenvalue weighted by Crippen LogP contribution is -2.28. The molecule has 22 rings (SSSR count). The molecule has 2 aliphatic carbocycles. The molecule has 0 N–H and O–H groups in total. The lowest BCUT2D eigenvalue weighted by molar-refractivity contribution is 0.770. The quantitative estimate of drug-likeness (QED) is 0.107. The Morgan fingerprint density at radius 3 is 0.842 bits per heavy atom. The largest absolute Gasteiger partial charge is 0.309 e. The topological polar surface area (TPSA) is 6.48 Å². The van der Waals surface area contributed by atoms with Crippen LogP contribution in [0.2, 0.25) is 0 Å². The minimum atomic E-state index is -0.441. The summed E-state index contributed by atoms with van der Waals surface area (Å²) in [6, 6.07) is 165. The summed E-state index contributed by atoms with van der Waals surface area (Å²) in [6.45, 7) is 0. The molecule has 0 spiro atoms. The smallest absolute Gasteiger partial charge is 0.0714 e. The third-order valence-corrected chi connectivity index (χ3v) is 25.8. The van der Waals surface area contributed by atoms with Crippen molar-refractivity contribution in [3.63, 3.8) is 0 Å². The Morgan fingerprint density at radius 1 is 0.175 bits per heavy atom. The van der Waals surface area contributed by atoms with E-state index in [1.54, 1.807) is 0 Å². The SMILES string of the molecule is c1ccc(-c2cc(-c3ccccc3)cc(N(c3ccccc3)c3cccc4c3sc3cc(C5(c6ccccc6)c6ccccc6-c6ccccc65)ccc34)c2)cc1.c1ccc(-c2cccc(N(c3cccc(-c4ccccc4)c3)c3cccc4c3sc3cc(C5(c6ccccc6)c6ccccc6-c6ccccc65)ccc34)c2)cc1. The number of benzene rings is 18. The summed E-state index contributed by atoms with van der Waals surface area (Å²) in [5, 5.41) is 5.09. The lowest BCUT2D eigenvalue weighted by atomic mass is 9.67. The molecule has 18 aromatic carbocycles. The van der Waals surface area contributed by atoms with Gasteiger partial charge in [-0.3, -0.25) is 0 Å². The van der Waals surface area contributed by atoms with E-state index in [1.165, 1.54) is 163 Å². The van der Waals surface area contributed by atoms with Gasteiger partial charge in [-0.15, -0.1) is 22.7 Å². The van der Waals surface area contributed by atoms with Gasteiger partial charge in [0, 0.05) is 53.7 Å². The van der Waals surface area contributed by atoms with Gasteiger partial charge in [0.05, 0.1) is 31.6 Å². The number of hydrogen-bond donors (Lipinski definition) is 0. The van der Waals surface area contributed by atoms with E-state index in [0.717, 1.165) is 22.7 Å². The Balaban J connectivity index is 0.000000143. The number of fused-ring (bicyclic) bond motifs is 12. The molecule has 0 radical (unpaired) electrons. The molecular formula is C110H74N2S2. The van der Waals surface area contributed by atoms with Gasteiger partial charge in [-0.05, 0) is 190 Å². The molecule has 4 heteroatoms. The monoisotopic (exact) mass is 1490 g/mol. The number of para-hydroxylation sites is 1. The van der Waals surface area contributed by atoms with Gasteiger partial charge in [0.15, 0.2) is 0 Å². The second-order valence-corrected chi connectivity index (χ2v) is 31.8. The highest BCUT2D eigenvalue weighted by Gasteiger charge is 2.48. The van der Waals surface area contributed by atoms with Crippen molar-refractivity contribution in [2.45, 2.75) is 10.8 Å². The van der Waals surface area contributed by atoms with E-state index in [9.17, 15) is 0 Å². The van der Waals surface area contributed by atoms with Crippen LogP contribution in [0, 0.1) is 0 Å². The van der Waals surface area contributed by atoms with Gasteiger partial charge in [0.2, 0.25) is 0 Å². The third kappa shape index (κ3) is 11.4. The normalized spacial score (nSPS) is 12.7. The highest BCUT2D eigenvalue weighted by molar-refractivity contribution is 7.27. The summed E-state index contributed by atoms with van der Waals surface area (Å²) >= 11 is 3.79. The average Bonchev–Trinajstić information content (AvgIpc) is 1.54. The molecule has 536 valence electrons. The Morgan fingerprint density at radius 2 is 0.465 bits per heavy atom. The summed E-state index contributed by atoms with van der Waals surface area (Å²) < 4.78 is 5.09. The number of nitrogens with zero attached hydrogens (tertiary/aromatic N) is 2. The summed E-state index contributed by atoms with van der Waals surface area (Å²) in [7, 11) is 0. The maximum absolute atomic E-state index is 2.48. The Kier molecular flexibility index (Phi) is 17.1. The maximum Gasteiger partial charge on any atom is 0.0714 e. The van der Waals surface area contributed by atoms with Crippen LogP contribution in [0.3, 0.4) is 0 Å². The van der Waals surface area contributed by atoms with Gasteiger partial charge >= 0.3 is 0 Å². The van der Waals surface area contributed by atoms with Gasteiger partial charge in [-0.2, -0.15) is 0 Å². The summed E-state index contributed by atoms with van der Waals surface area (Å²) in [4.78, 5) is 4.90. The fourth-order valence-corrected chi connectivity index (χ4v) is 21.0. The number of hydrogen-bond acceptors (Lipinski definition) is 4. The molecule has 2 aliphatic rings. The predicted molar refractivity (Wildman–Crippen MR) is 484 cm³/mol. The first-order chi connectivity index (χ1) is 56.5. The van der Waals surface area contributed by atoms with Gasteiger partial charge in [-0.1, -0.05) is 370 Å². The van der Waals surface area contributed by atoms with Crippen molar-refractivity contribution >= 4 is 97.1 Å². The first-order valence-corrected chi connectivity index (χ1v) is 40.8. The highest BCUT2D eigenvalue weighted by Crippen LogP contribution is 2.60. The van der Waals surface area contributed by atoms with Gasteiger partial charge in [0.25, 0.3) is 0 Å². The van der Waals surface area contributed by atoms with Gasteiger partial charge in [-0.25, -0.2) is 0 Å². The summed E-state index contributed by atoms with van der Waals surface area (Å²) in [6.07, 6.45) is 0. The van der Waals surface area contributed by atoms with E-state index in [-0.39, 0.29) is 0 Å². The molecule has 0 saturated carbocycles. The first-order valence-electron chi connectivity index (χ1n) is 39.2. The van der Waals surface area contributed by atoms with Crippen LogP contribution < -0.4 is 9.80 Å². The molecule has 2 heterocycles. The van der Waals surface area contributed by atoms with Crippen molar-refractivity contribution in [3.05, 3.63) is 493 Å². The molecule has 0 atom stereocenters. The van der Waals surface area contributed by atoms with E-state index in [1.807, 2.05) is 22.7 Å². The Labute approximate surface area is 673 Å². The third-order valence-electron chi connectivity index (χ3n) is 23.4. The van der Waals surface area contributed by atoms with Crippen molar-refractivity contribution in [1.29, 1.82) is 0 Å². The van der Waals surface area contributed by atoms with Crippen LogP contribution in [0.15, 0.2) is 449 Å². The molecule has 114 heavy (non-hydrogen) atoms. The van der Waals surface area contributed by atoms with Crippen molar-refractivity contribution in [2.75, 3.05) is 9.80 Å². The zero-order chi connectivity index (χ0) is 75.5. The van der Waals surface area contributed by atoms with Gasteiger partial charge < -0.3 is 9.80 Å². The van der Waals surface area contributed by atoms with Crippen molar-refractivity contribution in [3.8, 4) is 66.8 Å². The average molecular weight is 1490 g/mol. The zero-order valence-electron chi connectivity index (χ0n) is 62.4. The van der Waals surface area contributed by atoms with E-state index in [0.29, 0.717) is 0 Å². The molecule has 0 unspecified atom stereocenters. The maximum atomic E-state index is 2.48. The fraction of sp³-hybridized carbons (Fsp3) is 0.0182. The molecule has 2 aromatic heterocycles. The minimum absolute atomic E-state index is 0.441. The first kappa shape index (κ1) is 68.1. The van der Waals surface area contributed by atoms with E-state index in [4.69, 9.17) is 0 Å². The van der Waals surface area contributed by atoms with Crippen LogP contribution in [0.4, 0.5) is 34.1 Å². The van der Waals surface area contributed by atoms with Crippen molar-refractivity contribution in [1.82, 2.24) is 0 Å². The van der Waals surface area contributed by atoms with Crippen LogP contribution >= 0.6 is 22.7 Å². The van der Waals surface area contributed by atoms with E-state index < -0.39 is 10.8 Å². The highest BCUT2D eigenvalue weighted by atomic mass is 32.1. The molecule has 0 fully saturated rings. The fourth-order valence-electron chi connectivity index (χ4n) is 18.5.